The summed E-state index contributed by atoms with van der Waals surface area (Å²) in [4.78, 5) is 8.46. The molecule has 0 saturated carbocycles. The fourth-order valence-electron chi connectivity index (χ4n) is 5.18. The van der Waals surface area contributed by atoms with Gasteiger partial charge in [0, 0.05) is 0 Å². The fraction of sp³-hybridized carbons (Fsp3) is 0.250. The summed E-state index contributed by atoms with van der Waals surface area (Å²) in [6.07, 6.45) is 0.499. The highest BCUT2D eigenvalue weighted by Gasteiger charge is 2.40. The summed E-state index contributed by atoms with van der Waals surface area (Å²) in [5, 5.41) is 0. The molecule has 4 aromatic carbocycles. The maximum atomic E-state index is 6.69. The van der Waals surface area contributed by atoms with E-state index in [0.29, 0.717) is 32.3 Å². The van der Waals surface area contributed by atoms with Crippen molar-refractivity contribution in [1.29, 1.82) is 0 Å². The van der Waals surface area contributed by atoms with E-state index in [0.717, 1.165) is 33.3 Å². The van der Waals surface area contributed by atoms with E-state index < -0.39 is 12.2 Å². The number of H-pyrrole nitrogens is 1. The third-order valence-corrected chi connectivity index (χ3v) is 7.66. The maximum absolute atomic E-state index is 6.69. The first-order valence-electron chi connectivity index (χ1n) is 14.4. The van der Waals surface area contributed by atoms with Gasteiger partial charge in [0.1, 0.15) is 24.1 Å². The van der Waals surface area contributed by atoms with Crippen LogP contribution in [0.25, 0.3) is 16.6 Å². The van der Waals surface area contributed by atoms with Crippen molar-refractivity contribution in [2.24, 2.45) is 0 Å². The zero-order chi connectivity index (χ0) is 28.7. The second kappa shape index (κ2) is 13.2. The zero-order valence-corrected chi connectivity index (χ0v) is 24.0. The van der Waals surface area contributed by atoms with E-state index in [1.807, 2.05) is 54.6 Å². The van der Waals surface area contributed by atoms with Crippen LogP contribution in [0.2, 0.25) is 0 Å². The average Bonchev–Trinajstić information content (AvgIpc) is 3.43. The van der Waals surface area contributed by atoms with Gasteiger partial charge < -0.3 is 23.9 Å². The van der Waals surface area contributed by atoms with Crippen molar-refractivity contribution in [3.63, 3.8) is 0 Å². The van der Waals surface area contributed by atoms with Gasteiger partial charge in [0.05, 0.1) is 49.3 Å². The van der Waals surface area contributed by atoms with Gasteiger partial charge in [-0.15, -0.1) is 0 Å². The molecule has 42 heavy (non-hydrogen) atoms. The molecule has 1 aromatic heterocycles. The van der Waals surface area contributed by atoms with Gasteiger partial charge in [0.2, 0.25) is 0 Å². The Kier molecular flexibility index (Phi) is 8.75. The van der Waals surface area contributed by atoms with Gasteiger partial charge in [-0.3, -0.25) is 0 Å². The fourth-order valence-corrected chi connectivity index (χ4v) is 5.18. The van der Waals surface area contributed by atoms with Crippen LogP contribution in [0.1, 0.15) is 33.6 Å². The molecule has 5 aromatic rings. The Hall–Kier alpha value is -4.23. The lowest BCUT2D eigenvalue weighted by Crippen LogP contribution is -2.47. The highest BCUT2D eigenvalue weighted by Crippen LogP contribution is 2.33. The first-order valence-corrected chi connectivity index (χ1v) is 14.4. The topological polar surface area (TPSA) is 65.6 Å². The molecule has 0 aliphatic carbocycles. The minimum atomic E-state index is -0.448. The third-order valence-electron chi connectivity index (χ3n) is 7.66. The molecular formula is C36H36N2O4. The molecule has 214 valence electrons. The zero-order valence-electron chi connectivity index (χ0n) is 24.0. The van der Waals surface area contributed by atoms with E-state index in [1.54, 1.807) is 6.26 Å². The highest BCUT2D eigenvalue weighted by molar-refractivity contribution is 5.81. The molecule has 0 radical (unpaired) electrons. The molecule has 0 fully saturated rings. The summed E-state index contributed by atoms with van der Waals surface area (Å²) >= 11 is 0. The van der Waals surface area contributed by atoms with Gasteiger partial charge in [0.25, 0.3) is 0 Å². The van der Waals surface area contributed by atoms with E-state index >= 15 is 0 Å². The molecular weight excluding hydrogens is 524 g/mol. The van der Waals surface area contributed by atoms with Crippen LogP contribution in [0.5, 0.6) is 0 Å². The molecule has 0 spiro atoms. The summed E-state index contributed by atoms with van der Waals surface area (Å²) < 4.78 is 25.8. The van der Waals surface area contributed by atoms with Crippen LogP contribution < -0.4 is 0 Å². The number of rotatable bonds is 11. The molecule has 2 heterocycles. The van der Waals surface area contributed by atoms with Gasteiger partial charge in [-0.25, -0.2) is 4.98 Å². The van der Waals surface area contributed by atoms with E-state index in [4.69, 9.17) is 23.9 Å². The Balaban J connectivity index is 1.31. The van der Waals surface area contributed by atoms with Gasteiger partial charge >= 0.3 is 0 Å². The smallest absolute Gasteiger partial charge is 0.150 e. The minimum Gasteiger partial charge on any atom is -0.492 e. The summed E-state index contributed by atoms with van der Waals surface area (Å²) in [5.41, 5.74) is 8.38. The van der Waals surface area contributed by atoms with Crippen LogP contribution in [0, 0.1) is 13.8 Å². The Morgan fingerprint density at radius 3 is 1.93 bits per heavy atom. The van der Waals surface area contributed by atoms with Crippen molar-refractivity contribution in [3.05, 3.63) is 143 Å². The van der Waals surface area contributed by atoms with E-state index in [2.05, 4.69) is 67.4 Å². The standard InChI is InChI=1S/C36H36N2O4/c1-25-18-31-32(19-26(25)2)38-36(37-31)30-23-40-33(24-39-20-27-12-6-3-7-13-27)35(42-22-29-16-10-5-11-17-29)34(30)41-21-28-14-8-4-9-15-28/h3-19,23,33-35H,20-22,24H2,1-2H3,(H,37,38)/t33-,34-,35-/m1/s1. The lowest BCUT2D eigenvalue weighted by molar-refractivity contribution is -0.143. The van der Waals surface area contributed by atoms with Crippen molar-refractivity contribution in [2.75, 3.05) is 6.61 Å². The van der Waals surface area contributed by atoms with Crippen molar-refractivity contribution in [1.82, 2.24) is 9.97 Å². The predicted octanol–water partition coefficient (Wildman–Crippen LogP) is 7.31. The number of aromatic amines is 1. The van der Waals surface area contributed by atoms with Gasteiger partial charge in [0.15, 0.2) is 0 Å². The van der Waals surface area contributed by atoms with Crippen molar-refractivity contribution in [2.45, 2.75) is 52.0 Å². The number of fused-ring (bicyclic) bond motifs is 1. The quantitative estimate of drug-likeness (QED) is 0.184. The number of aryl methyl sites for hydroxylation is 2. The van der Waals surface area contributed by atoms with Crippen molar-refractivity contribution in [3.8, 4) is 0 Å². The lowest BCUT2D eigenvalue weighted by atomic mass is 9.97. The third kappa shape index (κ3) is 6.63. The number of aromatic nitrogens is 2. The average molecular weight is 561 g/mol. The van der Waals surface area contributed by atoms with Gasteiger partial charge in [-0.2, -0.15) is 0 Å². The first-order chi connectivity index (χ1) is 20.6. The number of nitrogens with zero attached hydrogens (tertiary/aromatic N) is 1. The molecule has 1 aliphatic rings. The molecule has 6 rings (SSSR count). The molecule has 1 aliphatic heterocycles. The normalized spacial score (nSPS) is 18.5. The number of imidazole rings is 1. The molecule has 0 unspecified atom stereocenters. The summed E-state index contributed by atoms with van der Waals surface area (Å²) in [6, 6.07) is 34.7. The number of hydrogen-bond acceptors (Lipinski definition) is 5. The van der Waals surface area contributed by atoms with Crippen molar-refractivity contribution >= 4 is 16.6 Å². The molecule has 3 atom stereocenters. The van der Waals surface area contributed by atoms with Crippen LogP contribution in [0.4, 0.5) is 0 Å². The van der Waals surface area contributed by atoms with E-state index in [1.165, 1.54) is 11.1 Å². The van der Waals surface area contributed by atoms with Crippen molar-refractivity contribution < 1.29 is 18.9 Å². The molecule has 0 amide bonds. The summed E-state index contributed by atoms with van der Waals surface area (Å²) in [6.45, 7) is 5.89. The van der Waals surface area contributed by atoms with Crippen LogP contribution in [0.15, 0.2) is 109 Å². The monoisotopic (exact) mass is 560 g/mol. The molecule has 0 saturated heterocycles. The molecule has 0 bridgehead atoms. The summed E-state index contributed by atoms with van der Waals surface area (Å²) in [7, 11) is 0. The van der Waals surface area contributed by atoms with Crippen LogP contribution in [-0.4, -0.2) is 34.9 Å². The van der Waals surface area contributed by atoms with Crippen LogP contribution in [-0.2, 0) is 38.8 Å². The number of benzene rings is 4. The Morgan fingerprint density at radius 1 is 0.714 bits per heavy atom. The highest BCUT2D eigenvalue weighted by atomic mass is 16.6. The first kappa shape index (κ1) is 27.9. The van der Waals surface area contributed by atoms with Gasteiger partial charge in [-0.05, 0) is 53.8 Å². The second-order valence-corrected chi connectivity index (χ2v) is 10.8. The lowest BCUT2D eigenvalue weighted by Gasteiger charge is -2.37. The maximum Gasteiger partial charge on any atom is 0.150 e. The van der Waals surface area contributed by atoms with E-state index in [9.17, 15) is 0 Å². The predicted molar refractivity (Wildman–Crippen MR) is 165 cm³/mol. The Labute approximate surface area is 246 Å². The number of nitrogens with one attached hydrogen (secondary N) is 1. The Bertz CT molecular complexity index is 1580. The number of hydrogen-bond donors (Lipinski definition) is 1. The number of ether oxygens (including phenoxy) is 4. The minimum absolute atomic E-state index is 0.349. The summed E-state index contributed by atoms with van der Waals surface area (Å²) in [5.74, 6) is 0.713. The van der Waals surface area contributed by atoms with Crippen LogP contribution in [0.3, 0.4) is 0 Å². The SMILES string of the molecule is Cc1cc2nc(C3=CO[C@H](COCc4ccccc4)[C@@H](OCc4ccccc4)[C@@H]3OCc3ccccc3)[nH]c2cc1C. The Morgan fingerprint density at radius 2 is 1.29 bits per heavy atom. The van der Waals surface area contributed by atoms with Crippen LogP contribution >= 0.6 is 0 Å². The van der Waals surface area contributed by atoms with Gasteiger partial charge in [-0.1, -0.05) is 91.0 Å². The molecule has 6 nitrogen and oxygen atoms in total. The largest absolute Gasteiger partial charge is 0.492 e. The van der Waals surface area contributed by atoms with E-state index in [-0.39, 0.29) is 6.10 Å². The molecule has 6 heteroatoms. The second-order valence-electron chi connectivity index (χ2n) is 10.8. The molecule has 1 N–H and O–H groups in total.